The lowest BCUT2D eigenvalue weighted by Gasteiger charge is -2.35. The highest BCUT2D eigenvalue weighted by Gasteiger charge is 2.28. The summed E-state index contributed by atoms with van der Waals surface area (Å²) in [7, 11) is 2.24. The Kier molecular flexibility index (Phi) is 6.35. The minimum Gasteiger partial charge on any atom is -0.356 e. The topological polar surface area (TPSA) is 57.8 Å². The molecule has 0 unspecified atom stereocenters. The van der Waals surface area contributed by atoms with Crippen molar-refractivity contribution >= 4 is 35.6 Å². The van der Waals surface area contributed by atoms with Gasteiger partial charge in [-0.15, -0.1) is 0 Å². The average molecular weight is 391 g/mol. The third-order valence-electron chi connectivity index (χ3n) is 5.75. The molecule has 0 aliphatic rings. The van der Waals surface area contributed by atoms with Crippen molar-refractivity contribution in [3.05, 3.63) is 42.2 Å². The van der Waals surface area contributed by atoms with Gasteiger partial charge in [-0.25, -0.2) is 0 Å². The zero-order valence-corrected chi connectivity index (χ0v) is 18.6. The molecule has 5 heteroatoms. The molecule has 154 valence electrons. The Morgan fingerprint density at radius 2 is 1.90 bits per heavy atom. The van der Waals surface area contributed by atoms with Crippen molar-refractivity contribution in [3.8, 4) is 0 Å². The molecule has 0 spiro atoms. The van der Waals surface area contributed by atoms with Crippen LogP contribution in [0.25, 0.3) is 21.8 Å². The van der Waals surface area contributed by atoms with Gasteiger partial charge in [0.25, 0.3) is 0 Å². The van der Waals surface area contributed by atoms with Gasteiger partial charge < -0.3 is 10.3 Å². The van der Waals surface area contributed by atoms with Crippen LogP contribution >= 0.6 is 0 Å². The zero-order valence-electron chi connectivity index (χ0n) is 18.6. The number of rotatable bonds is 9. The van der Waals surface area contributed by atoms with Crippen LogP contribution in [0.4, 0.5) is 0 Å². The minimum atomic E-state index is 0.103. The fourth-order valence-corrected chi connectivity index (χ4v) is 4.76. The Labute approximate surface area is 175 Å². The van der Waals surface area contributed by atoms with E-state index < -0.39 is 0 Å². The van der Waals surface area contributed by atoms with Crippen LogP contribution in [0.1, 0.15) is 52.5 Å². The molecule has 2 heterocycles. The van der Waals surface area contributed by atoms with E-state index in [9.17, 15) is 4.79 Å². The second-order valence-corrected chi connectivity index (χ2v) is 9.96. The molecular formula is C24H34BN3O. The Balaban J connectivity index is 1.54. The Morgan fingerprint density at radius 1 is 1.10 bits per heavy atom. The van der Waals surface area contributed by atoms with Crippen LogP contribution < -0.4 is 5.32 Å². The number of aryl methyl sites for hydroxylation is 1. The van der Waals surface area contributed by atoms with Crippen molar-refractivity contribution in [2.24, 2.45) is 10.8 Å². The number of nitrogens with one attached hydrogen (secondary N) is 2. The second-order valence-electron chi connectivity index (χ2n) is 9.96. The molecule has 1 aromatic carbocycles. The highest BCUT2D eigenvalue weighted by molar-refractivity contribution is 6.08. The average Bonchev–Trinajstić information content (AvgIpc) is 3.01. The fourth-order valence-electron chi connectivity index (χ4n) is 4.76. The van der Waals surface area contributed by atoms with E-state index in [4.69, 9.17) is 0 Å². The number of hydrogen-bond acceptors (Lipinski definition) is 2. The van der Waals surface area contributed by atoms with Gasteiger partial charge in [-0.1, -0.05) is 52.6 Å². The summed E-state index contributed by atoms with van der Waals surface area (Å²) in [5.41, 5.74) is 3.79. The van der Waals surface area contributed by atoms with Gasteiger partial charge in [0.1, 0.15) is 7.85 Å². The number of carbonyl (C=O) groups is 1. The summed E-state index contributed by atoms with van der Waals surface area (Å²) in [5, 5.41) is 5.48. The van der Waals surface area contributed by atoms with Crippen LogP contribution in [0.15, 0.2) is 36.7 Å². The number of amides is 1. The van der Waals surface area contributed by atoms with Gasteiger partial charge in [0.2, 0.25) is 5.91 Å². The predicted octanol–water partition coefficient (Wildman–Crippen LogP) is 4.65. The lowest BCUT2D eigenvalue weighted by atomic mass is 9.71. The molecule has 0 saturated carbocycles. The summed E-state index contributed by atoms with van der Waals surface area (Å²) in [4.78, 5) is 20.1. The standard InChI is InChI=1S/C24H34BN3O/c1-23(2,10-11-25)15-24(3,4)16-27-22(29)8-6-17-5-7-18-19-14-26-12-9-20(19)28-21(18)13-17/h5,7,9,12-14,28H,6,8,10-11,15-16,25H2,1-4H3,(H,27,29). The number of benzene rings is 1. The van der Waals surface area contributed by atoms with E-state index in [1.807, 2.05) is 12.3 Å². The summed E-state index contributed by atoms with van der Waals surface area (Å²) in [6, 6.07) is 8.39. The maximum Gasteiger partial charge on any atom is 0.220 e. The van der Waals surface area contributed by atoms with Crippen molar-refractivity contribution in [2.45, 2.75) is 59.7 Å². The Hall–Kier alpha value is -2.30. The molecule has 4 nitrogen and oxygen atoms in total. The summed E-state index contributed by atoms with van der Waals surface area (Å²) in [6.07, 6.45) is 8.49. The van der Waals surface area contributed by atoms with E-state index in [0.717, 1.165) is 35.8 Å². The molecule has 0 radical (unpaired) electrons. The van der Waals surface area contributed by atoms with E-state index >= 15 is 0 Å². The smallest absolute Gasteiger partial charge is 0.220 e. The van der Waals surface area contributed by atoms with Gasteiger partial charge in [0.15, 0.2) is 0 Å². The number of pyridine rings is 1. The van der Waals surface area contributed by atoms with Crippen LogP contribution in [0.5, 0.6) is 0 Å². The first-order chi connectivity index (χ1) is 13.7. The Morgan fingerprint density at radius 3 is 2.66 bits per heavy atom. The first-order valence-corrected chi connectivity index (χ1v) is 10.8. The summed E-state index contributed by atoms with van der Waals surface area (Å²) >= 11 is 0. The van der Waals surface area contributed by atoms with Crippen LogP contribution in [-0.4, -0.2) is 30.3 Å². The lowest BCUT2D eigenvalue weighted by molar-refractivity contribution is -0.121. The molecule has 29 heavy (non-hydrogen) atoms. The summed E-state index contributed by atoms with van der Waals surface area (Å²) in [6.45, 7) is 9.90. The number of hydrogen-bond donors (Lipinski definition) is 2. The summed E-state index contributed by atoms with van der Waals surface area (Å²) < 4.78 is 0. The van der Waals surface area contributed by atoms with Crippen molar-refractivity contribution in [2.75, 3.05) is 6.54 Å². The lowest BCUT2D eigenvalue weighted by Crippen LogP contribution is -2.36. The largest absolute Gasteiger partial charge is 0.356 e. The molecule has 0 aliphatic heterocycles. The normalized spacial score (nSPS) is 12.6. The van der Waals surface area contributed by atoms with Gasteiger partial charge in [0.05, 0.1) is 0 Å². The molecule has 2 aromatic heterocycles. The molecule has 0 saturated heterocycles. The van der Waals surface area contributed by atoms with Crippen LogP contribution in [-0.2, 0) is 11.2 Å². The maximum atomic E-state index is 12.4. The van der Waals surface area contributed by atoms with Crippen molar-refractivity contribution in [1.82, 2.24) is 15.3 Å². The highest BCUT2D eigenvalue weighted by Crippen LogP contribution is 2.36. The van der Waals surface area contributed by atoms with Crippen molar-refractivity contribution in [3.63, 3.8) is 0 Å². The molecule has 3 aromatic rings. The number of fused-ring (bicyclic) bond motifs is 3. The van der Waals surface area contributed by atoms with E-state index in [1.54, 1.807) is 6.20 Å². The number of nitrogens with zero attached hydrogens (tertiary/aromatic N) is 1. The molecule has 1 amide bonds. The maximum absolute atomic E-state index is 12.4. The molecule has 2 N–H and O–H groups in total. The highest BCUT2D eigenvalue weighted by atomic mass is 16.1. The number of aromatic nitrogens is 2. The van der Waals surface area contributed by atoms with Crippen LogP contribution in [0, 0.1) is 10.8 Å². The van der Waals surface area contributed by atoms with Gasteiger partial charge in [-0.3, -0.25) is 9.78 Å². The van der Waals surface area contributed by atoms with Crippen LogP contribution in [0.3, 0.4) is 0 Å². The molecule has 0 aliphatic carbocycles. The number of aromatic amines is 1. The van der Waals surface area contributed by atoms with E-state index in [-0.39, 0.29) is 11.3 Å². The number of H-pyrrole nitrogens is 1. The third-order valence-corrected chi connectivity index (χ3v) is 5.75. The van der Waals surface area contributed by atoms with Gasteiger partial charge >= 0.3 is 0 Å². The van der Waals surface area contributed by atoms with Crippen molar-refractivity contribution < 1.29 is 4.79 Å². The molecular weight excluding hydrogens is 357 g/mol. The molecule has 3 rings (SSSR count). The van der Waals surface area contributed by atoms with Gasteiger partial charge in [0, 0.05) is 47.2 Å². The monoisotopic (exact) mass is 391 g/mol. The van der Waals surface area contributed by atoms with E-state index in [2.05, 4.69) is 69.0 Å². The first-order valence-electron chi connectivity index (χ1n) is 10.8. The van der Waals surface area contributed by atoms with E-state index in [1.165, 1.54) is 23.7 Å². The van der Waals surface area contributed by atoms with Crippen molar-refractivity contribution in [1.29, 1.82) is 0 Å². The summed E-state index contributed by atoms with van der Waals surface area (Å²) in [5.74, 6) is 0.132. The third kappa shape index (κ3) is 5.62. The van der Waals surface area contributed by atoms with Crippen LogP contribution in [0.2, 0.25) is 6.32 Å². The minimum absolute atomic E-state index is 0.103. The second kappa shape index (κ2) is 8.60. The zero-order chi connectivity index (χ0) is 21.1. The molecule has 0 atom stereocenters. The Bertz CT molecular complexity index is 990. The fraction of sp³-hybridized carbons (Fsp3) is 0.500. The SMILES string of the molecule is BCCC(C)(C)CC(C)(C)CNC(=O)CCc1ccc2c(c1)[nH]c1ccncc12. The number of carbonyl (C=O) groups excluding carboxylic acids is 1. The first kappa shape index (κ1) is 21.4. The van der Waals surface area contributed by atoms with E-state index in [0.29, 0.717) is 11.8 Å². The van der Waals surface area contributed by atoms with Gasteiger partial charge in [-0.05, 0) is 41.4 Å². The molecule has 0 fully saturated rings. The predicted molar refractivity (Wildman–Crippen MR) is 125 cm³/mol. The molecule has 0 bridgehead atoms. The van der Waals surface area contributed by atoms with Gasteiger partial charge in [-0.2, -0.15) is 0 Å². The quantitative estimate of drug-likeness (QED) is 0.522.